The molecule has 1 aliphatic rings. The van der Waals surface area contributed by atoms with E-state index in [0.29, 0.717) is 11.4 Å². The molecule has 0 radical (unpaired) electrons. The molecule has 11 heteroatoms. The number of hydrogen-bond acceptors (Lipinski definition) is 7. The van der Waals surface area contributed by atoms with Gasteiger partial charge in [0.15, 0.2) is 11.5 Å². The Morgan fingerprint density at radius 1 is 1.24 bits per heavy atom. The largest absolute Gasteiger partial charge is 0.586 e. The maximum atomic E-state index is 13.3. The first-order valence-electron chi connectivity index (χ1n) is 8.40. The van der Waals surface area contributed by atoms with Crippen LogP contribution in [0.1, 0.15) is 29.1 Å². The second-order valence-corrected chi connectivity index (χ2v) is 6.11. The van der Waals surface area contributed by atoms with Crippen LogP contribution in [0.5, 0.6) is 11.5 Å². The lowest BCUT2D eigenvalue weighted by Crippen LogP contribution is -2.30. The van der Waals surface area contributed by atoms with Crippen LogP contribution in [0.2, 0.25) is 0 Å². The molecule has 1 amide bonds. The summed E-state index contributed by atoms with van der Waals surface area (Å²) >= 11 is 0. The van der Waals surface area contributed by atoms with Crippen LogP contribution in [0.4, 0.5) is 8.78 Å². The lowest BCUT2D eigenvalue weighted by atomic mass is 10.1. The fraction of sp³-hybridized carbons (Fsp3) is 0.167. The molecule has 1 aliphatic heterocycles. The molecule has 3 heterocycles. The van der Waals surface area contributed by atoms with Crippen molar-refractivity contribution < 1.29 is 23.0 Å². The summed E-state index contributed by atoms with van der Waals surface area (Å²) in [7, 11) is 0. The zero-order chi connectivity index (χ0) is 20.6. The zero-order valence-electron chi connectivity index (χ0n) is 14.8. The molecule has 0 spiro atoms. The van der Waals surface area contributed by atoms with Crippen molar-refractivity contribution in [2.24, 2.45) is 0 Å². The minimum Gasteiger partial charge on any atom is -0.395 e. The van der Waals surface area contributed by atoms with E-state index < -0.39 is 23.8 Å². The van der Waals surface area contributed by atoms with Crippen LogP contribution in [-0.4, -0.2) is 32.1 Å². The molecule has 29 heavy (non-hydrogen) atoms. The molecular formula is C18H13F2N5O4. The van der Waals surface area contributed by atoms with Crippen molar-refractivity contribution in [1.82, 2.24) is 25.3 Å². The molecule has 9 nitrogen and oxygen atoms in total. The smallest absolute Gasteiger partial charge is 0.395 e. The normalized spacial score (nSPS) is 15.0. The third kappa shape index (κ3) is 3.74. The number of nitrogens with one attached hydrogen (secondary N) is 2. The lowest BCUT2D eigenvalue weighted by Gasteiger charge is -2.15. The average Bonchev–Trinajstić information content (AvgIpc) is 3.01. The molecule has 0 bridgehead atoms. The number of ether oxygens (including phenoxy) is 2. The number of carbonyl (C=O) groups excluding carboxylic acids is 1. The number of aromatic amines is 1. The number of carbonyl (C=O) groups is 1. The number of H-pyrrole nitrogens is 1. The van der Waals surface area contributed by atoms with Crippen LogP contribution >= 0.6 is 0 Å². The molecule has 2 aromatic heterocycles. The Morgan fingerprint density at radius 3 is 2.83 bits per heavy atom. The predicted octanol–water partition coefficient (Wildman–Crippen LogP) is 2.04. The molecule has 4 rings (SSSR count). The van der Waals surface area contributed by atoms with Gasteiger partial charge in [-0.1, -0.05) is 6.07 Å². The van der Waals surface area contributed by atoms with E-state index in [1.807, 2.05) is 0 Å². The summed E-state index contributed by atoms with van der Waals surface area (Å²) < 4.78 is 35.4. The summed E-state index contributed by atoms with van der Waals surface area (Å²) in [5.74, 6) is -1.15. The summed E-state index contributed by atoms with van der Waals surface area (Å²) in [6.45, 7) is 1.58. The van der Waals surface area contributed by atoms with Gasteiger partial charge >= 0.3 is 6.29 Å². The van der Waals surface area contributed by atoms with Crippen molar-refractivity contribution in [2.75, 3.05) is 0 Å². The number of aromatic nitrogens is 4. The molecule has 148 valence electrons. The van der Waals surface area contributed by atoms with Gasteiger partial charge in [-0.3, -0.25) is 9.59 Å². The van der Waals surface area contributed by atoms with Crippen LogP contribution in [-0.2, 0) is 0 Å². The van der Waals surface area contributed by atoms with E-state index in [2.05, 4.69) is 34.7 Å². The molecule has 0 aliphatic carbocycles. The molecule has 3 aromatic rings. The van der Waals surface area contributed by atoms with Gasteiger partial charge in [0.2, 0.25) is 0 Å². The SMILES string of the molecule is CC(NC(=O)c1cccc2c1OC(F)(F)O2)c1nc(-c2ccncn2)cc(=O)[nH]1. The molecule has 0 fully saturated rings. The minimum atomic E-state index is -3.84. The second kappa shape index (κ2) is 6.93. The van der Waals surface area contributed by atoms with Gasteiger partial charge in [-0.05, 0) is 25.1 Å². The lowest BCUT2D eigenvalue weighted by molar-refractivity contribution is -0.286. The number of alkyl halides is 2. The van der Waals surface area contributed by atoms with Crippen molar-refractivity contribution in [2.45, 2.75) is 19.3 Å². The fourth-order valence-corrected chi connectivity index (χ4v) is 2.75. The fourth-order valence-electron chi connectivity index (χ4n) is 2.75. The van der Waals surface area contributed by atoms with E-state index in [1.165, 1.54) is 36.8 Å². The Balaban J connectivity index is 1.59. The standard InChI is InChI=1S/C18H13F2N5O4/c1-9(16-24-12(7-14(26)25-16)11-5-6-21-8-22-11)23-17(27)10-3-2-4-13-15(10)29-18(19,20)28-13/h2-9H,1H3,(H,23,27)(H,24,25,26). The van der Waals surface area contributed by atoms with E-state index in [1.54, 1.807) is 13.0 Å². The van der Waals surface area contributed by atoms with E-state index in [-0.39, 0.29) is 22.9 Å². The summed E-state index contributed by atoms with van der Waals surface area (Å²) in [6, 6.07) is 6.06. The first kappa shape index (κ1) is 18.5. The Hall–Kier alpha value is -3.89. The maximum absolute atomic E-state index is 13.3. The van der Waals surface area contributed by atoms with E-state index in [0.717, 1.165) is 0 Å². The highest BCUT2D eigenvalue weighted by Gasteiger charge is 2.45. The number of fused-ring (bicyclic) bond motifs is 1. The molecule has 0 saturated carbocycles. The summed E-state index contributed by atoms with van der Waals surface area (Å²) in [6.07, 6.45) is -1.02. The number of hydrogen-bond donors (Lipinski definition) is 2. The Kier molecular flexibility index (Phi) is 4.41. The Bertz CT molecular complexity index is 1140. The van der Waals surface area contributed by atoms with Crippen LogP contribution in [0.25, 0.3) is 11.4 Å². The van der Waals surface area contributed by atoms with Gasteiger partial charge in [-0.2, -0.15) is 0 Å². The van der Waals surface area contributed by atoms with Crippen molar-refractivity contribution in [3.05, 3.63) is 64.6 Å². The number of benzene rings is 1. The Labute approximate surface area is 161 Å². The number of nitrogens with zero attached hydrogens (tertiary/aromatic N) is 3. The molecular weight excluding hydrogens is 388 g/mol. The highest BCUT2D eigenvalue weighted by Crippen LogP contribution is 2.43. The number of rotatable bonds is 4. The predicted molar refractivity (Wildman–Crippen MR) is 94.4 cm³/mol. The number of halogens is 2. The van der Waals surface area contributed by atoms with Crippen molar-refractivity contribution in [1.29, 1.82) is 0 Å². The topological polar surface area (TPSA) is 119 Å². The van der Waals surface area contributed by atoms with Crippen molar-refractivity contribution in [3.8, 4) is 22.9 Å². The van der Waals surface area contributed by atoms with Gasteiger partial charge < -0.3 is 19.8 Å². The van der Waals surface area contributed by atoms with E-state index in [4.69, 9.17) is 0 Å². The Morgan fingerprint density at radius 2 is 2.07 bits per heavy atom. The van der Waals surface area contributed by atoms with E-state index in [9.17, 15) is 18.4 Å². The first-order valence-corrected chi connectivity index (χ1v) is 8.40. The third-order valence-electron chi connectivity index (χ3n) is 4.04. The van der Waals surface area contributed by atoms with Crippen LogP contribution in [0.15, 0.2) is 47.7 Å². The summed E-state index contributed by atoms with van der Waals surface area (Å²) in [5.41, 5.74) is 0.145. The molecule has 2 N–H and O–H groups in total. The third-order valence-corrected chi connectivity index (χ3v) is 4.04. The number of para-hydroxylation sites is 1. The van der Waals surface area contributed by atoms with Gasteiger partial charge in [0.1, 0.15) is 12.2 Å². The number of amides is 1. The summed E-state index contributed by atoms with van der Waals surface area (Å²) in [4.78, 5) is 39.3. The molecule has 1 aromatic carbocycles. The van der Waals surface area contributed by atoms with E-state index >= 15 is 0 Å². The maximum Gasteiger partial charge on any atom is 0.586 e. The molecule has 1 atom stereocenters. The molecule has 0 saturated heterocycles. The van der Waals surface area contributed by atoms with Gasteiger partial charge in [-0.15, -0.1) is 8.78 Å². The van der Waals surface area contributed by atoms with Crippen LogP contribution in [0, 0.1) is 0 Å². The highest BCUT2D eigenvalue weighted by atomic mass is 19.3. The zero-order valence-corrected chi connectivity index (χ0v) is 14.8. The van der Waals surface area contributed by atoms with Gasteiger partial charge in [-0.25, -0.2) is 15.0 Å². The molecule has 1 unspecified atom stereocenters. The first-order chi connectivity index (χ1) is 13.8. The average molecular weight is 401 g/mol. The van der Waals surface area contributed by atoms with Crippen LogP contribution < -0.4 is 20.3 Å². The quantitative estimate of drug-likeness (QED) is 0.687. The van der Waals surface area contributed by atoms with Crippen molar-refractivity contribution >= 4 is 5.91 Å². The minimum absolute atomic E-state index is 0.138. The summed E-state index contributed by atoms with van der Waals surface area (Å²) in [5, 5.41) is 2.59. The highest BCUT2D eigenvalue weighted by molar-refractivity contribution is 5.98. The van der Waals surface area contributed by atoms with Crippen LogP contribution in [0.3, 0.4) is 0 Å². The van der Waals surface area contributed by atoms with Gasteiger partial charge in [0.25, 0.3) is 11.5 Å². The van der Waals surface area contributed by atoms with Gasteiger partial charge in [0.05, 0.1) is 23.0 Å². The monoisotopic (exact) mass is 401 g/mol. The second-order valence-electron chi connectivity index (χ2n) is 6.11. The van der Waals surface area contributed by atoms with Gasteiger partial charge in [0, 0.05) is 12.3 Å². The van der Waals surface area contributed by atoms with Crippen molar-refractivity contribution in [3.63, 3.8) is 0 Å².